The summed E-state index contributed by atoms with van der Waals surface area (Å²) in [6.45, 7) is 1.99. The molecule has 142 valence electrons. The Labute approximate surface area is 152 Å². The van der Waals surface area contributed by atoms with E-state index in [1.165, 1.54) is 0 Å². The van der Waals surface area contributed by atoms with E-state index in [2.05, 4.69) is 20.6 Å². The first-order chi connectivity index (χ1) is 12.5. The molecule has 1 aromatic rings. The van der Waals surface area contributed by atoms with E-state index in [1.807, 2.05) is 13.0 Å². The van der Waals surface area contributed by atoms with Gasteiger partial charge in [0.2, 0.25) is 5.91 Å². The second-order valence-corrected chi connectivity index (χ2v) is 7.14. The lowest BCUT2D eigenvalue weighted by molar-refractivity contribution is -0.138. The van der Waals surface area contributed by atoms with Crippen LogP contribution in [0.1, 0.15) is 50.0 Å². The van der Waals surface area contributed by atoms with Crippen LogP contribution < -0.4 is 10.6 Å². The molecule has 3 atom stereocenters. The standard InChI is InChI=1S/C18H26N4O4/c1-11-6-15(22-16(9-23)19-11)20-13-4-2-3-5-14(13)21-17(24)7-12-8-18(25)26-10-12/h6,12-14,23H,2-5,7-10H2,1H3,(H,21,24)(H,19,20,22)/t12?,13-,14-/m1/s1. The Balaban J connectivity index is 1.59. The lowest BCUT2D eigenvalue weighted by atomic mass is 9.90. The molecular formula is C18H26N4O4. The number of carbonyl (C=O) groups excluding carboxylic acids is 2. The van der Waals surface area contributed by atoms with Crippen molar-refractivity contribution in [2.24, 2.45) is 5.92 Å². The molecule has 8 heteroatoms. The van der Waals surface area contributed by atoms with Crippen molar-refractivity contribution in [3.8, 4) is 0 Å². The maximum Gasteiger partial charge on any atom is 0.306 e. The molecule has 0 spiro atoms. The molecule has 1 aromatic heterocycles. The third-order valence-electron chi connectivity index (χ3n) is 4.90. The van der Waals surface area contributed by atoms with Gasteiger partial charge in [0.25, 0.3) is 0 Å². The van der Waals surface area contributed by atoms with Gasteiger partial charge < -0.3 is 20.5 Å². The first-order valence-electron chi connectivity index (χ1n) is 9.20. The maximum absolute atomic E-state index is 12.4. The van der Waals surface area contributed by atoms with Crippen molar-refractivity contribution in [3.63, 3.8) is 0 Å². The van der Waals surface area contributed by atoms with Crippen molar-refractivity contribution in [2.75, 3.05) is 11.9 Å². The van der Waals surface area contributed by atoms with Crippen LogP contribution in [0.3, 0.4) is 0 Å². The van der Waals surface area contributed by atoms with Crippen LogP contribution in [0.5, 0.6) is 0 Å². The van der Waals surface area contributed by atoms with Gasteiger partial charge in [-0.3, -0.25) is 9.59 Å². The molecule has 26 heavy (non-hydrogen) atoms. The van der Waals surface area contributed by atoms with Gasteiger partial charge in [-0.1, -0.05) is 12.8 Å². The summed E-state index contributed by atoms with van der Waals surface area (Å²) in [7, 11) is 0. The predicted molar refractivity (Wildman–Crippen MR) is 94.2 cm³/mol. The molecule has 2 aliphatic rings. The molecule has 1 unspecified atom stereocenters. The zero-order chi connectivity index (χ0) is 18.5. The molecule has 0 radical (unpaired) electrons. The van der Waals surface area contributed by atoms with E-state index in [0.29, 0.717) is 31.1 Å². The Bertz CT molecular complexity index is 667. The van der Waals surface area contributed by atoms with Crippen LogP contribution >= 0.6 is 0 Å². The number of nitrogens with zero attached hydrogens (tertiary/aromatic N) is 2. The van der Waals surface area contributed by atoms with Crippen LogP contribution in [0.15, 0.2) is 6.07 Å². The molecule has 1 aliphatic carbocycles. The quantitative estimate of drug-likeness (QED) is 0.649. The minimum atomic E-state index is -0.223. The van der Waals surface area contributed by atoms with Crippen molar-refractivity contribution in [1.29, 1.82) is 0 Å². The highest BCUT2D eigenvalue weighted by Crippen LogP contribution is 2.23. The molecule has 1 saturated carbocycles. The zero-order valence-corrected chi connectivity index (χ0v) is 15.0. The molecule has 2 heterocycles. The number of anilines is 1. The Morgan fingerprint density at radius 3 is 2.77 bits per heavy atom. The van der Waals surface area contributed by atoms with Gasteiger partial charge in [-0.2, -0.15) is 0 Å². The fraction of sp³-hybridized carbons (Fsp3) is 0.667. The van der Waals surface area contributed by atoms with Gasteiger partial charge in [0.15, 0.2) is 5.82 Å². The Kier molecular flexibility index (Phi) is 6.03. The van der Waals surface area contributed by atoms with Crippen LogP contribution in [-0.2, 0) is 20.9 Å². The van der Waals surface area contributed by atoms with Gasteiger partial charge in [-0.05, 0) is 19.8 Å². The van der Waals surface area contributed by atoms with Crippen LogP contribution in [-0.4, -0.2) is 45.6 Å². The maximum atomic E-state index is 12.4. The summed E-state index contributed by atoms with van der Waals surface area (Å²) >= 11 is 0. The van der Waals surface area contributed by atoms with E-state index in [0.717, 1.165) is 31.4 Å². The van der Waals surface area contributed by atoms with Gasteiger partial charge in [0.1, 0.15) is 12.4 Å². The minimum absolute atomic E-state index is 0.0159. The Morgan fingerprint density at radius 1 is 1.31 bits per heavy atom. The van der Waals surface area contributed by atoms with E-state index < -0.39 is 0 Å². The molecule has 1 amide bonds. The number of esters is 1. The summed E-state index contributed by atoms with van der Waals surface area (Å²) in [6.07, 6.45) is 4.64. The normalized spacial score (nSPS) is 25.6. The largest absolute Gasteiger partial charge is 0.465 e. The molecular weight excluding hydrogens is 336 g/mol. The average molecular weight is 362 g/mol. The van der Waals surface area contributed by atoms with Crippen LogP contribution in [0.4, 0.5) is 5.82 Å². The van der Waals surface area contributed by atoms with Crippen molar-refractivity contribution in [3.05, 3.63) is 17.6 Å². The number of aryl methyl sites for hydroxylation is 1. The van der Waals surface area contributed by atoms with Crippen LogP contribution in [0.25, 0.3) is 0 Å². The van der Waals surface area contributed by atoms with E-state index in [9.17, 15) is 14.7 Å². The van der Waals surface area contributed by atoms with Gasteiger partial charge in [0.05, 0.1) is 13.0 Å². The van der Waals surface area contributed by atoms with Gasteiger partial charge in [0, 0.05) is 36.2 Å². The van der Waals surface area contributed by atoms with Crippen molar-refractivity contribution in [1.82, 2.24) is 15.3 Å². The average Bonchev–Trinajstić information content (AvgIpc) is 3.00. The first kappa shape index (κ1) is 18.6. The topological polar surface area (TPSA) is 113 Å². The molecule has 3 rings (SSSR count). The molecule has 1 aliphatic heterocycles. The summed E-state index contributed by atoms with van der Waals surface area (Å²) in [5.74, 6) is 0.771. The minimum Gasteiger partial charge on any atom is -0.465 e. The van der Waals surface area contributed by atoms with Crippen LogP contribution in [0.2, 0.25) is 0 Å². The lowest BCUT2D eigenvalue weighted by Gasteiger charge is -2.33. The summed E-state index contributed by atoms with van der Waals surface area (Å²) in [5.41, 5.74) is 0.786. The van der Waals surface area contributed by atoms with Gasteiger partial charge >= 0.3 is 5.97 Å². The highest BCUT2D eigenvalue weighted by Gasteiger charge is 2.30. The number of carbonyl (C=O) groups is 2. The number of amides is 1. The molecule has 3 N–H and O–H groups in total. The fourth-order valence-electron chi connectivity index (χ4n) is 3.66. The summed E-state index contributed by atoms with van der Waals surface area (Å²) in [6, 6.07) is 1.94. The molecule has 0 aromatic carbocycles. The summed E-state index contributed by atoms with van der Waals surface area (Å²) < 4.78 is 4.92. The van der Waals surface area contributed by atoms with E-state index >= 15 is 0 Å². The second kappa shape index (κ2) is 8.44. The van der Waals surface area contributed by atoms with Crippen molar-refractivity contribution >= 4 is 17.7 Å². The number of aromatic nitrogens is 2. The highest BCUT2D eigenvalue weighted by atomic mass is 16.5. The Hall–Kier alpha value is -2.22. The van der Waals surface area contributed by atoms with E-state index in [4.69, 9.17) is 4.74 Å². The number of cyclic esters (lactones) is 1. The van der Waals surface area contributed by atoms with Crippen molar-refractivity contribution in [2.45, 2.75) is 64.1 Å². The van der Waals surface area contributed by atoms with Gasteiger partial charge in [-0.15, -0.1) is 0 Å². The summed E-state index contributed by atoms with van der Waals surface area (Å²) in [4.78, 5) is 32.0. The lowest BCUT2D eigenvalue weighted by Crippen LogP contribution is -2.49. The van der Waals surface area contributed by atoms with E-state index in [1.54, 1.807) is 0 Å². The van der Waals surface area contributed by atoms with Gasteiger partial charge in [-0.25, -0.2) is 9.97 Å². The highest BCUT2D eigenvalue weighted by molar-refractivity contribution is 5.79. The zero-order valence-electron chi connectivity index (χ0n) is 15.0. The molecule has 0 bridgehead atoms. The molecule has 1 saturated heterocycles. The Morgan fingerprint density at radius 2 is 2.08 bits per heavy atom. The number of ether oxygens (including phenoxy) is 1. The number of hydrogen-bond acceptors (Lipinski definition) is 7. The molecule has 2 fully saturated rings. The van der Waals surface area contributed by atoms with E-state index in [-0.39, 0.29) is 36.5 Å². The number of rotatable bonds is 6. The smallest absolute Gasteiger partial charge is 0.306 e. The number of nitrogens with one attached hydrogen (secondary N) is 2. The first-order valence-corrected chi connectivity index (χ1v) is 9.20. The fourth-order valence-corrected chi connectivity index (χ4v) is 3.66. The van der Waals surface area contributed by atoms with Crippen molar-refractivity contribution < 1.29 is 19.4 Å². The monoisotopic (exact) mass is 362 g/mol. The third kappa shape index (κ3) is 4.91. The SMILES string of the molecule is Cc1cc(N[C@@H]2CCCC[C@H]2NC(=O)CC2COC(=O)C2)nc(CO)n1. The summed E-state index contributed by atoms with van der Waals surface area (Å²) in [5, 5.41) is 15.8. The third-order valence-corrected chi connectivity index (χ3v) is 4.90. The number of aliphatic hydroxyl groups excluding tert-OH is 1. The van der Waals surface area contributed by atoms with Crippen LogP contribution in [0, 0.1) is 12.8 Å². The second-order valence-electron chi connectivity index (χ2n) is 7.14. The number of aliphatic hydroxyl groups is 1. The predicted octanol–water partition coefficient (Wildman–Crippen LogP) is 1.07. The molecule has 8 nitrogen and oxygen atoms in total. The number of hydrogen-bond donors (Lipinski definition) is 3.